The van der Waals surface area contributed by atoms with E-state index in [1.807, 2.05) is 5.38 Å². The van der Waals surface area contributed by atoms with E-state index in [4.69, 9.17) is 9.84 Å². The highest BCUT2D eigenvalue weighted by Gasteiger charge is 2.32. The lowest BCUT2D eigenvalue weighted by Crippen LogP contribution is -2.52. The van der Waals surface area contributed by atoms with Crippen molar-refractivity contribution in [3.63, 3.8) is 0 Å². The van der Waals surface area contributed by atoms with Crippen molar-refractivity contribution < 1.29 is 14.6 Å². The van der Waals surface area contributed by atoms with Crippen LogP contribution in [-0.2, 0) is 16.1 Å². The monoisotopic (exact) mass is 230 g/mol. The summed E-state index contributed by atoms with van der Waals surface area (Å²) in [5.74, 6) is -0.930. The Morgan fingerprint density at radius 2 is 2.53 bits per heavy atom. The highest BCUT2D eigenvalue weighted by Crippen LogP contribution is 2.09. The van der Waals surface area contributed by atoms with Gasteiger partial charge in [-0.3, -0.25) is 10.1 Å². The summed E-state index contributed by atoms with van der Waals surface area (Å²) in [6, 6.07) is 0. The van der Waals surface area contributed by atoms with Crippen LogP contribution in [0.3, 0.4) is 0 Å². The number of aromatic nitrogens is 1. The largest absolute Gasteiger partial charge is 0.480 e. The van der Waals surface area contributed by atoms with Crippen LogP contribution in [-0.4, -0.2) is 35.3 Å². The molecule has 0 bridgehead atoms. The molecule has 0 amide bonds. The first-order valence-corrected chi connectivity index (χ1v) is 5.32. The van der Waals surface area contributed by atoms with Crippen LogP contribution in [0.15, 0.2) is 11.6 Å². The molecule has 1 aromatic rings. The Labute approximate surface area is 92.1 Å². The fraction of sp³-hybridized carbons (Fsp3) is 0.556. The second-order valence-electron chi connectivity index (χ2n) is 3.35. The van der Waals surface area contributed by atoms with Gasteiger partial charge < -0.3 is 9.84 Å². The standard InChI is InChI=1S/C9H14N2O3S/c1-9(6-14-2,8(12)13)11-5-7-10-3-4-15-7/h3-4,11H,5-6H2,1-2H3,(H,12,13). The molecule has 1 heterocycles. The second-order valence-corrected chi connectivity index (χ2v) is 4.33. The third-order valence-electron chi connectivity index (χ3n) is 2.02. The van der Waals surface area contributed by atoms with Gasteiger partial charge in [0.15, 0.2) is 0 Å². The summed E-state index contributed by atoms with van der Waals surface area (Å²) >= 11 is 1.49. The Balaban J connectivity index is 2.56. The zero-order valence-corrected chi connectivity index (χ0v) is 9.50. The molecular weight excluding hydrogens is 216 g/mol. The molecule has 0 aliphatic carbocycles. The molecule has 84 valence electrons. The van der Waals surface area contributed by atoms with Gasteiger partial charge in [-0.1, -0.05) is 0 Å². The quantitative estimate of drug-likeness (QED) is 0.753. The number of nitrogens with one attached hydrogen (secondary N) is 1. The molecule has 0 aromatic carbocycles. The summed E-state index contributed by atoms with van der Waals surface area (Å²) in [5, 5.41) is 14.7. The first kappa shape index (κ1) is 12.1. The van der Waals surface area contributed by atoms with Crippen LogP contribution >= 0.6 is 11.3 Å². The van der Waals surface area contributed by atoms with Gasteiger partial charge in [0.25, 0.3) is 0 Å². The number of hydrogen-bond donors (Lipinski definition) is 2. The molecule has 1 unspecified atom stereocenters. The topological polar surface area (TPSA) is 71.5 Å². The normalized spacial score (nSPS) is 14.8. The Kier molecular flexibility index (Phi) is 4.19. The third-order valence-corrected chi connectivity index (χ3v) is 2.80. The van der Waals surface area contributed by atoms with Crippen LogP contribution in [0, 0.1) is 0 Å². The fourth-order valence-corrected chi connectivity index (χ4v) is 1.64. The predicted octanol–water partition coefficient (Wildman–Crippen LogP) is 0.722. The number of hydrogen-bond acceptors (Lipinski definition) is 5. The zero-order chi connectivity index (χ0) is 11.3. The predicted molar refractivity (Wildman–Crippen MR) is 56.9 cm³/mol. The molecule has 1 rings (SSSR count). The first-order valence-electron chi connectivity index (χ1n) is 4.44. The molecular formula is C9H14N2O3S. The average molecular weight is 230 g/mol. The van der Waals surface area contributed by atoms with Crippen molar-refractivity contribution in [3.8, 4) is 0 Å². The molecule has 1 aromatic heterocycles. The van der Waals surface area contributed by atoms with E-state index in [9.17, 15) is 4.79 Å². The lowest BCUT2D eigenvalue weighted by atomic mass is 10.0. The number of carboxylic acids is 1. The number of ether oxygens (including phenoxy) is 1. The van der Waals surface area contributed by atoms with E-state index in [1.165, 1.54) is 18.4 Å². The minimum absolute atomic E-state index is 0.119. The van der Waals surface area contributed by atoms with Gasteiger partial charge in [0.2, 0.25) is 0 Å². The van der Waals surface area contributed by atoms with E-state index < -0.39 is 11.5 Å². The molecule has 0 saturated carbocycles. The number of carbonyl (C=O) groups is 1. The van der Waals surface area contributed by atoms with Gasteiger partial charge in [0, 0.05) is 25.2 Å². The summed E-state index contributed by atoms with van der Waals surface area (Å²) in [6.45, 7) is 2.14. The summed E-state index contributed by atoms with van der Waals surface area (Å²) in [5.41, 5.74) is -1.07. The van der Waals surface area contributed by atoms with Crippen LogP contribution in [0.5, 0.6) is 0 Å². The van der Waals surface area contributed by atoms with Crippen molar-refractivity contribution in [1.82, 2.24) is 10.3 Å². The molecule has 15 heavy (non-hydrogen) atoms. The van der Waals surface area contributed by atoms with E-state index in [1.54, 1.807) is 13.1 Å². The lowest BCUT2D eigenvalue weighted by molar-refractivity contribution is -0.146. The number of methoxy groups -OCH3 is 1. The zero-order valence-electron chi connectivity index (χ0n) is 8.69. The van der Waals surface area contributed by atoms with E-state index in [0.29, 0.717) is 6.54 Å². The van der Waals surface area contributed by atoms with Crippen LogP contribution in [0.25, 0.3) is 0 Å². The maximum absolute atomic E-state index is 11.0. The van der Waals surface area contributed by atoms with Crippen LogP contribution in [0.1, 0.15) is 11.9 Å². The van der Waals surface area contributed by atoms with E-state index in [0.717, 1.165) is 5.01 Å². The minimum atomic E-state index is -1.07. The van der Waals surface area contributed by atoms with Crippen molar-refractivity contribution >= 4 is 17.3 Å². The Bertz CT molecular complexity index is 315. The molecule has 6 heteroatoms. The number of thiazole rings is 1. The Morgan fingerprint density at radius 1 is 1.80 bits per heavy atom. The molecule has 5 nitrogen and oxygen atoms in total. The summed E-state index contributed by atoms with van der Waals surface area (Å²) in [4.78, 5) is 15.1. The summed E-state index contributed by atoms with van der Waals surface area (Å²) in [6.07, 6.45) is 1.69. The smallest absolute Gasteiger partial charge is 0.326 e. The van der Waals surface area contributed by atoms with Crippen molar-refractivity contribution in [2.45, 2.75) is 19.0 Å². The van der Waals surface area contributed by atoms with Gasteiger partial charge in [0.05, 0.1) is 6.61 Å². The minimum Gasteiger partial charge on any atom is -0.480 e. The fourth-order valence-electron chi connectivity index (χ4n) is 1.09. The van der Waals surface area contributed by atoms with E-state index in [-0.39, 0.29) is 6.61 Å². The second kappa shape index (κ2) is 5.20. The molecule has 0 fully saturated rings. The highest BCUT2D eigenvalue weighted by molar-refractivity contribution is 7.09. The van der Waals surface area contributed by atoms with Gasteiger partial charge in [-0.15, -0.1) is 11.3 Å². The molecule has 0 aliphatic heterocycles. The Hall–Kier alpha value is -0.980. The molecule has 2 N–H and O–H groups in total. The third kappa shape index (κ3) is 3.26. The summed E-state index contributed by atoms with van der Waals surface area (Å²) < 4.78 is 4.88. The summed E-state index contributed by atoms with van der Waals surface area (Å²) in [7, 11) is 1.48. The van der Waals surface area contributed by atoms with Gasteiger partial charge in [0.1, 0.15) is 10.5 Å². The van der Waals surface area contributed by atoms with Crippen LogP contribution in [0.4, 0.5) is 0 Å². The molecule has 1 atom stereocenters. The first-order chi connectivity index (χ1) is 7.08. The van der Waals surface area contributed by atoms with Gasteiger partial charge in [-0.25, -0.2) is 4.98 Å². The SMILES string of the molecule is COCC(C)(NCc1nccs1)C(=O)O. The molecule has 0 radical (unpaired) electrons. The van der Waals surface area contributed by atoms with Crippen molar-refractivity contribution in [2.24, 2.45) is 0 Å². The van der Waals surface area contributed by atoms with Crippen molar-refractivity contribution in [2.75, 3.05) is 13.7 Å². The number of rotatable bonds is 6. The average Bonchev–Trinajstić information content (AvgIpc) is 2.67. The van der Waals surface area contributed by atoms with Crippen LogP contribution < -0.4 is 5.32 Å². The Morgan fingerprint density at radius 3 is 3.00 bits per heavy atom. The maximum atomic E-state index is 11.0. The number of aliphatic carboxylic acids is 1. The molecule has 0 saturated heterocycles. The van der Waals surface area contributed by atoms with Crippen molar-refractivity contribution in [1.29, 1.82) is 0 Å². The van der Waals surface area contributed by atoms with Gasteiger partial charge in [-0.2, -0.15) is 0 Å². The number of nitrogens with zero attached hydrogens (tertiary/aromatic N) is 1. The molecule has 0 spiro atoms. The van der Waals surface area contributed by atoms with E-state index in [2.05, 4.69) is 10.3 Å². The molecule has 0 aliphatic rings. The maximum Gasteiger partial charge on any atom is 0.326 e. The number of carboxylic acid groups (broad SMARTS) is 1. The van der Waals surface area contributed by atoms with Gasteiger partial charge in [-0.05, 0) is 6.92 Å². The highest BCUT2D eigenvalue weighted by atomic mass is 32.1. The van der Waals surface area contributed by atoms with Crippen molar-refractivity contribution in [3.05, 3.63) is 16.6 Å². The van der Waals surface area contributed by atoms with E-state index >= 15 is 0 Å². The van der Waals surface area contributed by atoms with Crippen LogP contribution in [0.2, 0.25) is 0 Å². The lowest BCUT2D eigenvalue weighted by Gasteiger charge is -2.24. The van der Waals surface area contributed by atoms with Gasteiger partial charge >= 0.3 is 5.97 Å².